The Hall–Kier alpha value is -1.63. The van der Waals surface area contributed by atoms with Gasteiger partial charge in [0.25, 0.3) is 0 Å². The van der Waals surface area contributed by atoms with Gasteiger partial charge in [-0.1, -0.05) is 6.07 Å². The van der Waals surface area contributed by atoms with Crippen LogP contribution in [0.1, 0.15) is 30.1 Å². The van der Waals surface area contributed by atoms with E-state index in [0.29, 0.717) is 12.1 Å². The molecule has 0 saturated heterocycles. The number of carboxylic acids is 1. The minimum Gasteiger partial charge on any atom is -0.496 e. The number of carboxylic acid groups (broad SMARTS) is 1. The third-order valence-corrected chi connectivity index (χ3v) is 3.33. The summed E-state index contributed by atoms with van der Waals surface area (Å²) in [6, 6.07) is 4.91. The van der Waals surface area contributed by atoms with E-state index in [1.807, 2.05) is 13.0 Å². The van der Waals surface area contributed by atoms with Gasteiger partial charge in [0.2, 0.25) is 0 Å². The van der Waals surface area contributed by atoms with Gasteiger partial charge >= 0.3 is 5.97 Å². The van der Waals surface area contributed by atoms with Crippen LogP contribution >= 0.6 is 0 Å². The Bertz CT molecular complexity index is 463. The molecule has 0 amide bonds. The molecular weight excluding hydrogens is 274 g/mol. The van der Waals surface area contributed by atoms with E-state index in [2.05, 4.69) is 5.32 Å². The van der Waals surface area contributed by atoms with E-state index < -0.39 is 18.1 Å². The van der Waals surface area contributed by atoms with E-state index in [-0.39, 0.29) is 19.4 Å². The van der Waals surface area contributed by atoms with Crippen LogP contribution in [-0.2, 0) is 4.79 Å². The zero-order chi connectivity index (χ0) is 15.8. The summed E-state index contributed by atoms with van der Waals surface area (Å²) >= 11 is 0. The topological polar surface area (TPSA) is 99.0 Å². The van der Waals surface area contributed by atoms with E-state index in [1.165, 1.54) is 0 Å². The van der Waals surface area contributed by atoms with Gasteiger partial charge in [-0.25, -0.2) is 0 Å². The average Bonchev–Trinajstić information content (AvgIpc) is 2.46. The maximum absolute atomic E-state index is 10.7. The second kappa shape index (κ2) is 8.61. The zero-order valence-electron chi connectivity index (χ0n) is 12.4. The van der Waals surface area contributed by atoms with Gasteiger partial charge in [-0.2, -0.15) is 0 Å². The van der Waals surface area contributed by atoms with Crippen molar-refractivity contribution in [3.63, 3.8) is 0 Å². The summed E-state index contributed by atoms with van der Waals surface area (Å²) in [6.45, 7) is 2.11. The number of carbonyl (C=O) groups is 1. The summed E-state index contributed by atoms with van der Waals surface area (Å²) < 4.78 is 5.18. The molecule has 0 spiro atoms. The van der Waals surface area contributed by atoms with Gasteiger partial charge in [-0.3, -0.25) is 4.79 Å². The number of aliphatic hydroxyl groups excluding tert-OH is 2. The molecule has 118 valence electrons. The minimum atomic E-state index is -0.913. The second-order valence-corrected chi connectivity index (χ2v) is 4.89. The number of ether oxygens (including phenoxy) is 1. The molecule has 0 fully saturated rings. The molecular formula is C15H23NO5. The Morgan fingerprint density at radius 2 is 2.14 bits per heavy atom. The fourth-order valence-electron chi connectivity index (χ4n) is 2.22. The highest BCUT2D eigenvalue weighted by molar-refractivity contribution is 5.66. The summed E-state index contributed by atoms with van der Waals surface area (Å²) in [5.74, 6) is -0.180. The number of benzene rings is 1. The van der Waals surface area contributed by atoms with Crippen molar-refractivity contribution in [2.75, 3.05) is 20.3 Å². The summed E-state index contributed by atoms with van der Waals surface area (Å²) in [5, 5.41) is 31.1. The predicted octanol–water partition coefficient (Wildman–Crippen LogP) is 0.852. The highest BCUT2D eigenvalue weighted by atomic mass is 16.5. The van der Waals surface area contributed by atoms with Crippen LogP contribution in [0.4, 0.5) is 0 Å². The number of aliphatic carboxylic acids is 1. The van der Waals surface area contributed by atoms with Gasteiger partial charge in [0.1, 0.15) is 5.75 Å². The van der Waals surface area contributed by atoms with Crippen molar-refractivity contribution in [2.24, 2.45) is 0 Å². The largest absolute Gasteiger partial charge is 0.496 e. The lowest BCUT2D eigenvalue weighted by molar-refractivity contribution is -0.137. The Labute approximate surface area is 124 Å². The maximum atomic E-state index is 10.7. The molecule has 0 bridgehead atoms. The molecule has 2 unspecified atom stereocenters. The molecule has 0 saturated carbocycles. The van der Waals surface area contributed by atoms with Crippen LogP contribution in [-0.4, -0.2) is 47.6 Å². The molecule has 0 aromatic heterocycles. The molecule has 4 N–H and O–H groups in total. The molecule has 1 rings (SSSR count). The molecule has 21 heavy (non-hydrogen) atoms. The lowest BCUT2D eigenvalue weighted by Crippen LogP contribution is -2.37. The van der Waals surface area contributed by atoms with Crippen LogP contribution < -0.4 is 10.1 Å². The van der Waals surface area contributed by atoms with Crippen LogP contribution in [0.15, 0.2) is 18.2 Å². The third kappa shape index (κ3) is 5.34. The van der Waals surface area contributed by atoms with Gasteiger partial charge in [0, 0.05) is 19.0 Å². The molecule has 1 aromatic rings. The normalized spacial score (nSPS) is 13.7. The van der Waals surface area contributed by atoms with Crippen LogP contribution in [0.2, 0.25) is 0 Å². The molecule has 0 aliphatic rings. The molecule has 1 aromatic carbocycles. The smallest absolute Gasteiger partial charge is 0.303 e. The van der Waals surface area contributed by atoms with Crippen molar-refractivity contribution in [1.29, 1.82) is 0 Å². The van der Waals surface area contributed by atoms with Gasteiger partial charge in [0.05, 0.1) is 19.8 Å². The van der Waals surface area contributed by atoms with Crippen LogP contribution in [0, 0.1) is 6.92 Å². The lowest BCUT2D eigenvalue weighted by Gasteiger charge is -2.24. The van der Waals surface area contributed by atoms with Crippen molar-refractivity contribution in [3.05, 3.63) is 29.3 Å². The first-order valence-corrected chi connectivity index (χ1v) is 6.88. The number of rotatable bonds is 9. The third-order valence-electron chi connectivity index (χ3n) is 3.33. The number of methoxy groups -OCH3 is 1. The van der Waals surface area contributed by atoms with E-state index in [9.17, 15) is 9.90 Å². The van der Waals surface area contributed by atoms with Crippen molar-refractivity contribution in [2.45, 2.75) is 31.9 Å². The Morgan fingerprint density at radius 3 is 2.67 bits per heavy atom. The van der Waals surface area contributed by atoms with Crippen molar-refractivity contribution in [3.8, 4) is 5.75 Å². The number of aryl methyl sites for hydroxylation is 1. The summed E-state index contributed by atoms with van der Waals surface area (Å²) in [6.07, 6.45) is -0.614. The van der Waals surface area contributed by atoms with Crippen LogP contribution in [0.25, 0.3) is 0 Å². The summed E-state index contributed by atoms with van der Waals surface area (Å²) in [4.78, 5) is 10.7. The quantitative estimate of drug-likeness (QED) is 0.539. The first-order valence-electron chi connectivity index (χ1n) is 6.88. The van der Waals surface area contributed by atoms with E-state index in [0.717, 1.165) is 11.3 Å². The molecule has 0 aliphatic heterocycles. The number of aliphatic hydroxyl groups is 2. The first kappa shape index (κ1) is 17.4. The molecule has 6 nitrogen and oxygen atoms in total. The van der Waals surface area contributed by atoms with Crippen molar-refractivity contribution in [1.82, 2.24) is 5.32 Å². The Kier molecular flexibility index (Phi) is 7.14. The highest BCUT2D eigenvalue weighted by Gasteiger charge is 2.21. The fourth-order valence-corrected chi connectivity index (χ4v) is 2.22. The predicted molar refractivity (Wildman–Crippen MR) is 78.4 cm³/mol. The second-order valence-electron chi connectivity index (χ2n) is 4.89. The van der Waals surface area contributed by atoms with Gasteiger partial charge in [0.15, 0.2) is 0 Å². The molecule has 0 radical (unpaired) electrons. The molecule has 2 atom stereocenters. The lowest BCUT2D eigenvalue weighted by atomic mass is 9.96. The van der Waals surface area contributed by atoms with E-state index in [1.54, 1.807) is 19.2 Å². The number of nitrogens with one attached hydrogen (secondary N) is 1. The van der Waals surface area contributed by atoms with E-state index in [4.69, 9.17) is 14.9 Å². The number of hydrogen-bond donors (Lipinski definition) is 4. The van der Waals surface area contributed by atoms with Gasteiger partial charge < -0.3 is 25.4 Å². The average molecular weight is 297 g/mol. The van der Waals surface area contributed by atoms with Crippen LogP contribution in [0.3, 0.4) is 0 Å². The van der Waals surface area contributed by atoms with Crippen molar-refractivity contribution >= 4 is 5.97 Å². The standard InChI is InChI=1S/C15H23NO5/c1-10-9-11(3-5-13(10)21-2)15(20)12(16-7-8-17)4-6-14(18)19/h3,5,9,12,15-17,20H,4,6-8H2,1-2H3,(H,18,19). The highest BCUT2D eigenvalue weighted by Crippen LogP contribution is 2.25. The maximum Gasteiger partial charge on any atom is 0.303 e. The molecule has 6 heteroatoms. The monoisotopic (exact) mass is 297 g/mol. The Balaban J connectivity index is 2.84. The van der Waals surface area contributed by atoms with Gasteiger partial charge in [-0.15, -0.1) is 0 Å². The van der Waals surface area contributed by atoms with E-state index >= 15 is 0 Å². The number of hydrogen-bond acceptors (Lipinski definition) is 5. The molecule has 0 heterocycles. The minimum absolute atomic E-state index is 0.0463. The van der Waals surface area contributed by atoms with Crippen molar-refractivity contribution < 1.29 is 24.9 Å². The molecule has 0 aliphatic carbocycles. The SMILES string of the molecule is COc1ccc(C(O)C(CCC(=O)O)NCCO)cc1C. The fraction of sp³-hybridized carbons (Fsp3) is 0.533. The van der Waals surface area contributed by atoms with Crippen LogP contribution in [0.5, 0.6) is 5.75 Å². The van der Waals surface area contributed by atoms with Gasteiger partial charge in [-0.05, 0) is 36.6 Å². The summed E-state index contributed by atoms with van der Waals surface area (Å²) in [7, 11) is 1.58. The zero-order valence-corrected chi connectivity index (χ0v) is 12.4. The summed E-state index contributed by atoms with van der Waals surface area (Å²) in [5.41, 5.74) is 1.59. The Morgan fingerprint density at radius 1 is 1.43 bits per heavy atom. The first-order chi connectivity index (χ1) is 9.99.